The van der Waals surface area contributed by atoms with Crippen molar-refractivity contribution in [1.29, 1.82) is 0 Å². The fraction of sp³-hybridized carbons (Fsp3) is 0.471. The lowest BCUT2D eigenvalue weighted by Gasteiger charge is -2.11. The van der Waals surface area contributed by atoms with Gasteiger partial charge in [-0.1, -0.05) is 6.42 Å². The van der Waals surface area contributed by atoms with Gasteiger partial charge in [-0.15, -0.1) is 10.2 Å². The van der Waals surface area contributed by atoms with Crippen molar-refractivity contribution in [1.82, 2.24) is 29.7 Å². The summed E-state index contributed by atoms with van der Waals surface area (Å²) >= 11 is 0. The molecule has 24 heavy (non-hydrogen) atoms. The maximum Gasteiger partial charge on any atom is 0.165 e. The third-order valence-corrected chi connectivity index (χ3v) is 4.53. The average molecular weight is 323 g/mol. The van der Waals surface area contributed by atoms with Crippen LogP contribution in [0.5, 0.6) is 0 Å². The van der Waals surface area contributed by atoms with Crippen LogP contribution < -0.4 is 5.32 Å². The molecule has 0 saturated heterocycles. The van der Waals surface area contributed by atoms with E-state index in [1.54, 1.807) is 6.33 Å². The van der Waals surface area contributed by atoms with E-state index in [-0.39, 0.29) is 0 Å². The summed E-state index contributed by atoms with van der Waals surface area (Å²) < 4.78 is 2.25. The molecule has 0 atom stereocenters. The van der Waals surface area contributed by atoms with Crippen LogP contribution in [-0.2, 0) is 19.5 Å². The van der Waals surface area contributed by atoms with E-state index in [1.807, 2.05) is 6.92 Å². The molecule has 7 nitrogen and oxygen atoms in total. The van der Waals surface area contributed by atoms with Crippen LogP contribution in [0.3, 0.4) is 0 Å². The van der Waals surface area contributed by atoms with Gasteiger partial charge in [-0.05, 0) is 38.3 Å². The standard InChI is InChI=1S/C17H21N7/c1-11-8-12(2)21-17-15(11)16(19-10-20-17)18-9-14-23-22-13-6-4-3-5-7-24(13)14/h8,10H,3-7,9H2,1-2H3,(H,18,19,20,21). The van der Waals surface area contributed by atoms with Crippen LogP contribution in [0.1, 0.15) is 42.2 Å². The highest BCUT2D eigenvalue weighted by atomic mass is 15.3. The van der Waals surface area contributed by atoms with Gasteiger partial charge in [0.25, 0.3) is 0 Å². The lowest BCUT2D eigenvalue weighted by atomic mass is 10.1. The Balaban J connectivity index is 1.63. The second-order valence-electron chi connectivity index (χ2n) is 6.35. The predicted octanol–water partition coefficient (Wildman–Crippen LogP) is 2.57. The molecule has 1 N–H and O–H groups in total. The number of hydrogen-bond acceptors (Lipinski definition) is 6. The molecule has 0 amide bonds. The Morgan fingerprint density at radius 3 is 2.96 bits per heavy atom. The number of nitrogens with one attached hydrogen (secondary N) is 1. The number of rotatable bonds is 3. The first-order valence-corrected chi connectivity index (χ1v) is 8.46. The third-order valence-electron chi connectivity index (χ3n) is 4.53. The van der Waals surface area contributed by atoms with Gasteiger partial charge in [-0.25, -0.2) is 15.0 Å². The quantitative estimate of drug-likeness (QED) is 0.798. The van der Waals surface area contributed by atoms with Crippen molar-refractivity contribution in [2.75, 3.05) is 5.32 Å². The zero-order chi connectivity index (χ0) is 16.5. The van der Waals surface area contributed by atoms with E-state index in [0.29, 0.717) is 6.54 Å². The summed E-state index contributed by atoms with van der Waals surface area (Å²) in [4.78, 5) is 13.2. The molecular formula is C17H21N7. The highest BCUT2D eigenvalue weighted by Gasteiger charge is 2.15. The van der Waals surface area contributed by atoms with Crippen molar-refractivity contribution in [2.45, 2.75) is 52.6 Å². The summed E-state index contributed by atoms with van der Waals surface area (Å²) in [5, 5.41) is 13.1. The number of aryl methyl sites for hydroxylation is 3. The van der Waals surface area contributed by atoms with Crippen LogP contribution in [0.25, 0.3) is 11.0 Å². The van der Waals surface area contributed by atoms with E-state index in [9.17, 15) is 0 Å². The predicted molar refractivity (Wildman–Crippen MR) is 91.7 cm³/mol. The summed E-state index contributed by atoms with van der Waals surface area (Å²) in [6, 6.07) is 2.06. The molecule has 124 valence electrons. The van der Waals surface area contributed by atoms with Gasteiger partial charge in [0.1, 0.15) is 18.0 Å². The summed E-state index contributed by atoms with van der Waals surface area (Å²) in [5.74, 6) is 2.87. The van der Waals surface area contributed by atoms with E-state index in [2.05, 4.69) is 48.0 Å². The fourth-order valence-electron chi connectivity index (χ4n) is 3.38. The summed E-state index contributed by atoms with van der Waals surface area (Å²) in [5.41, 5.74) is 2.82. The number of aromatic nitrogens is 6. The van der Waals surface area contributed by atoms with Crippen LogP contribution in [0.4, 0.5) is 5.82 Å². The first-order valence-electron chi connectivity index (χ1n) is 8.46. The molecule has 1 aliphatic heterocycles. The minimum Gasteiger partial charge on any atom is -0.362 e. The highest BCUT2D eigenvalue weighted by molar-refractivity contribution is 5.89. The van der Waals surface area contributed by atoms with Gasteiger partial charge < -0.3 is 9.88 Å². The molecule has 0 aliphatic carbocycles. The average Bonchev–Trinajstić information content (AvgIpc) is 2.79. The van der Waals surface area contributed by atoms with Gasteiger partial charge in [-0.2, -0.15) is 0 Å². The molecule has 0 bridgehead atoms. The van der Waals surface area contributed by atoms with Gasteiger partial charge in [0.05, 0.1) is 11.9 Å². The van der Waals surface area contributed by atoms with Crippen LogP contribution in [0.2, 0.25) is 0 Å². The van der Waals surface area contributed by atoms with E-state index >= 15 is 0 Å². The first-order chi connectivity index (χ1) is 11.7. The molecule has 4 rings (SSSR count). The van der Waals surface area contributed by atoms with Crippen molar-refractivity contribution in [2.24, 2.45) is 0 Å². The molecule has 0 radical (unpaired) electrons. The maximum atomic E-state index is 4.50. The molecule has 0 spiro atoms. The molecule has 0 unspecified atom stereocenters. The lowest BCUT2D eigenvalue weighted by Crippen LogP contribution is -2.11. The van der Waals surface area contributed by atoms with Crippen molar-refractivity contribution in [3.05, 3.63) is 35.3 Å². The molecule has 3 aromatic rings. The Kier molecular flexibility index (Phi) is 3.84. The van der Waals surface area contributed by atoms with E-state index in [1.165, 1.54) is 19.3 Å². The van der Waals surface area contributed by atoms with Crippen molar-refractivity contribution >= 4 is 16.9 Å². The third kappa shape index (κ3) is 2.70. The zero-order valence-corrected chi connectivity index (χ0v) is 14.1. The molecule has 3 aromatic heterocycles. The number of anilines is 1. The Morgan fingerprint density at radius 2 is 2.04 bits per heavy atom. The lowest BCUT2D eigenvalue weighted by molar-refractivity contribution is 0.610. The molecule has 0 aromatic carbocycles. The SMILES string of the molecule is Cc1cc(C)c2c(NCc3nnc4n3CCCCC4)ncnc2n1. The van der Waals surface area contributed by atoms with E-state index in [4.69, 9.17) is 0 Å². The van der Waals surface area contributed by atoms with Gasteiger partial charge >= 0.3 is 0 Å². The molecule has 4 heterocycles. The number of nitrogens with zero attached hydrogens (tertiary/aromatic N) is 6. The number of fused-ring (bicyclic) bond motifs is 2. The first kappa shape index (κ1) is 15.0. The summed E-state index contributed by atoms with van der Waals surface area (Å²) in [7, 11) is 0. The zero-order valence-electron chi connectivity index (χ0n) is 14.1. The van der Waals surface area contributed by atoms with Crippen LogP contribution >= 0.6 is 0 Å². The van der Waals surface area contributed by atoms with Crippen LogP contribution in [0, 0.1) is 13.8 Å². The van der Waals surface area contributed by atoms with Gasteiger partial charge in [0, 0.05) is 18.7 Å². The normalized spacial score (nSPS) is 14.4. The Morgan fingerprint density at radius 1 is 1.12 bits per heavy atom. The summed E-state index contributed by atoms with van der Waals surface area (Å²) in [6.45, 7) is 5.65. The monoisotopic (exact) mass is 323 g/mol. The Bertz CT molecular complexity index is 884. The van der Waals surface area contributed by atoms with Gasteiger partial charge in [-0.3, -0.25) is 0 Å². The largest absolute Gasteiger partial charge is 0.362 e. The molecule has 0 saturated carbocycles. The second-order valence-corrected chi connectivity index (χ2v) is 6.35. The summed E-state index contributed by atoms with van der Waals surface area (Å²) in [6.07, 6.45) is 6.23. The van der Waals surface area contributed by atoms with Crippen molar-refractivity contribution in [3.8, 4) is 0 Å². The highest BCUT2D eigenvalue weighted by Crippen LogP contribution is 2.23. The molecule has 0 fully saturated rings. The molecule has 7 heteroatoms. The van der Waals surface area contributed by atoms with Crippen LogP contribution in [-0.4, -0.2) is 29.7 Å². The minimum atomic E-state index is 0.604. The van der Waals surface area contributed by atoms with Crippen molar-refractivity contribution < 1.29 is 0 Å². The van der Waals surface area contributed by atoms with Crippen LogP contribution in [0.15, 0.2) is 12.4 Å². The smallest absolute Gasteiger partial charge is 0.165 e. The fourth-order valence-corrected chi connectivity index (χ4v) is 3.38. The van der Waals surface area contributed by atoms with E-state index < -0.39 is 0 Å². The molecular weight excluding hydrogens is 302 g/mol. The Labute approximate surface area is 140 Å². The molecule has 1 aliphatic rings. The van der Waals surface area contributed by atoms with E-state index in [0.717, 1.165) is 52.7 Å². The van der Waals surface area contributed by atoms with Gasteiger partial charge in [0.2, 0.25) is 0 Å². The second kappa shape index (κ2) is 6.14. The Hall–Kier alpha value is -2.57. The number of pyridine rings is 1. The minimum absolute atomic E-state index is 0.604. The van der Waals surface area contributed by atoms with Gasteiger partial charge in [0.15, 0.2) is 11.5 Å². The maximum absolute atomic E-state index is 4.50. The number of hydrogen-bond donors (Lipinski definition) is 1. The topological polar surface area (TPSA) is 81.4 Å². The van der Waals surface area contributed by atoms with Crippen molar-refractivity contribution in [3.63, 3.8) is 0 Å².